The largest absolute Gasteiger partial charge is 0.474 e. The maximum absolute atomic E-state index is 13.1. The number of carbonyl (C=O) groups is 1. The van der Waals surface area contributed by atoms with Crippen LogP contribution in [0.2, 0.25) is 0 Å². The molecule has 0 aliphatic carbocycles. The number of hydrogen-bond donors (Lipinski definition) is 0. The predicted octanol–water partition coefficient (Wildman–Crippen LogP) is 5.08. The van der Waals surface area contributed by atoms with Crippen molar-refractivity contribution in [2.24, 2.45) is 4.99 Å². The molecule has 0 amide bonds. The van der Waals surface area contributed by atoms with E-state index in [-0.39, 0.29) is 18.0 Å². The highest BCUT2D eigenvalue weighted by atomic mass is 16.6. The summed E-state index contributed by atoms with van der Waals surface area (Å²) in [5.41, 5.74) is 1.54. The zero-order valence-corrected chi connectivity index (χ0v) is 18.3. The van der Waals surface area contributed by atoms with Crippen LogP contribution in [-0.4, -0.2) is 29.6 Å². The van der Waals surface area contributed by atoms with Gasteiger partial charge in [-0.15, -0.1) is 0 Å². The highest BCUT2D eigenvalue weighted by Crippen LogP contribution is 2.30. The number of esters is 1. The lowest BCUT2D eigenvalue weighted by molar-refractivity contribution is -0.162. The lowest BCUT2D eigenvalue weighted by Crippen LogP contribution is -2.45. The lowest BCUT2D eigenvalue weighted by Gasteiger charge is -2.28. The minimum absolute atomic E-state index is 0.0739. The number of aliphatic imine (C=N–C) groups is 1. The second-order valence-electron chi connectivity index (χ2n) is 9.73. The number of benzene rings is 2. The summed E-state index contributed by atoms with van der Waals surface area (Å²) in [5, 5.41) is 0. The third kappa shape index (κ3) is 5.06. The smallest absolute Gasteiger partial charge is 0.338 e. The zero-order chi connectivity index (χ0) is 21.3. The Morgan fingerprint density at radius 2 is 1.62 bits per heavy atom. The Labute approximate surface area is 174 Å². The summed E-state index contributed by atoms with van der Waals surface area (Å²) in [6.07, 6.45) is 0.437. The SMILES string of the molecule is CC(C)(C)OC(=O)[C@@]1(Cc2ccccc2)COC(c2ccc(C(C)(C)C)cc2)=N1. The molecule has 0 saturated heterocycles. The Morgan fingerprint density at radius 3 is 2.17 bits per heavy atom. The van der Waals surface area contributed by atoms with Crippen molar-refractivity contribution in [3.63, 3.8) is 0 Å². The van der Waals surface area contributed by atoms with Crippen LogP contribution in [0, 0.1) is 0 Å². The standard InChI is InChI=1S/C25H31NO3/c1-23(2,3)20-14-12-19(13-15-20)21-26-25(17-28-21,22(27)29-24(4,5)6)16-18-10-8-7-9-11-18/h7-15H,16-17H2,1-6H3/t25-/m1/s1. The van der Waals surface area contributed by atoms with Gasteiger partial charge in [-0.25, -0.2) is 9.79 Å². The third-order valence-electron chi connectivity index (χ3n) is 4.88. The summed E-state index contributed by atoms with van der Waals surface area (Å²) < 4.78 is 11.7. The molecular formula is C25H31NO3. The van der Waals surface area contributed by atoms with Crippen molar-refractivity contribution in [3.05, 3.63) is 71.3 Å². The maximum atomic E-state index is 13.1. The highest BCUT2D eigenvalue weighted by Gasteiger charge is 2.47. The van der Waals surface area contributed by atoms with Gasteiger partial charge in [0.05, 0.1) is 0 Å². The Hall–Kier alpha value is -2.62. The van der Waals surface area contributed by atoms with Crippen LogP contribution in [0.25, 0.3) is 0 Å². The molecule has 1 aliphatic heterocycles. The molecule has 0 spiro atoms. The van der Waals surface area contributed by atoms with Crippen molar-refractivity contribution >= 4 is 11.9 Å². The molecule has 0 N–H and O–H groups in total. The fraction of sp³-hybridized carbons (Fsp3) is 0.440. The van der Waals surface area contributed by atoms with E-state index in [1.54, 1.807) is 0 Å². The normalized spacial score (nSPS) is 19.4. The molecule has 4 heteroatoms. The van der Waals surface area contributed by atoms with Crippen LogP contribution in [0.4, 0.5) is 0 Å². The van der Waals surface area contributed by atoms with Crippen LogP contribution in [0.15, 0.2) is 59.6 Å². The number of carbonyl (C=O) groups excluding carboxylic acids is 1. The van der Waals surface area contributed by atoms with Crippen molar-refractivity contribution < 1.29 is 14.3 Å². The molecule has 0 unspecified atom stereocenters. The van der Waals surface area contributed by atoms with Gasteiger partial charge in [-0.3, -0.25) is 0 Å². The molecule has 29 heavy (non-hydrogen) atoms. The fourth-order valence-corrected chi connectivity index (χ4v) is 3.28. The third-order valence-corrected chi connectivity index (χ3v) is 4.88. The van der Waals surface area contributed by atoms with E-state index in [2.05, 4.69) is 32.9 Å². The van der Waals surface area contributed by atoms with E-state index >= 15 is 0 Å². The zero-order valence-electron chi connectivity index (χ0n) is 18.3. The van der Waals surface area contributed by atoms with Gasteiger partial charge in [0.2, 0.25) is 5.90 Å². The summed E-state index contributed by atoms with van der Waals surface area (Å²) in [7, 11) is 0. The molecule has 0 saturated carbocycles. The second kappa shape index (κ2) is 7.66. The molecule has 1 heterocycles. The molecule has 154 valence electrons. The molecule has 1 aliphatic rings. The van der Waals surface area contributed by atoms with Crippen LogP contribution in [0.5, 0.6) is 0 Å². The molecule has 4 nitrogen and oxygen atoms in total. The van der Waals surface area contributed by atoms with Crippen LogP contribution in [-0.2, 0) is 26.1 Å². The van der Waals surface area contributed by atoms with Crippen LogP contribution >= 0.6 is 0 Å². The van der Waals surface area contributed by atoms with E-state index in [0.717, 1.165) is 11.1 Å². The number of nitrogens with zero attached hydrogens (tertiary/aromatic N) is 1. The Bertz CT molecular complexity index is 886. The average molecular weight is 394 g/mol. The number of hydrogen-bond acceptors (Lipinski definition) is 4. The number of rotatable bonds is 4. The molecule has 0 fully saturated rings. The van der Waals surface area contributed by atoms with E-state index in [1.807, 2.05) is 63.2 Å². The van der Waals surface area contributed by atoms with E-state index < -0.39 is 11.1 Å². The predicted molar refractivity (Wildman–Crippen MR) is 116 cm³/mol. The quantitative estimate of drug-likeness (QED) is 0.680. The fourth-order valence-electron chi connectivity index (χ4n) is 3.28. The average Bonchev–Trinajstić information content (AvgIpc) is 3.06. The molecule has 0 aromatic heterocycles. The summed E-state index contributed by atoms with van der Waals surface area (Å²) in [5.74, 6) is 0.141. The molecule has 1 atom stereocenters. The topological polar surface area (TPSA) is 47.9 Å². The van der Waals surface area contributed by atoms with Gasteiger partial charge in [0.1, 0.15) is 12.2 Å². The first-order valence-corrected chi connectivity index (χ1v) is 10.1. The van der Waals surface area contributed by atoms with E-state index in [4.69, 9.17) is 14.5 Å². The molecule has 2 aromatic carbocycles. The van der Waals surface area contributed by atoms with E-state index in [1.165, 1.54) is 5.56 Å². The van der Waals surface area contributed by atoms with E-state index in [0.29, 0.717) is 12.3 Å². The second-order valence-corrected chi connectivity index (χ2v) is 9.73. The summed E-state index contributed by atoms with van der Waals surface area (Å²) in [6, 6.07) is 18.1. The van der Waals surface area contributed by atoms with Crippen molar-refractivity contribution in [2.75, 3.05) is 6.61 Å². The van der Waals surface area contributed by atoms with E-state index in [9.17, 15) is 4.79 Å². The van der Waals surface area contributed by atoms with Crippen LogP contribution < -0.4 is 0 Å². The van der Waals surface area contributed by atoms with Gasteiger partial charge >= 0.3 is 5.97 Å². The van der Waals surface area contributed by atoms with Gasteiger partial charge in [0.15, 0.2) is 5.54 Å². The summed E-state index contributed by atoms with van der Waals surface area (Å²) in [4.78, 5) is 17.9. The lowest BCUT2D eigenvalue weighted by atomic mass is 9.87. The Balaban J connectivity index is 1.94. The minimum atomic E-state index is -1.08. The first-order chi connectivity index (χ1) is 13.5. The van der Waals surface area contributed by atoms with Crippen LogP contribution in [0.3, 0.4) is 0 Å². The summed E-state index contributed by atoms with van der Waals surface area (Å²) in [6.45, 7) is 12.3. The molecular weight excluding hydrogens is 362 g/mol. The Morgan fingerprint density at radius 1 is 1.00 bits per heavy atom. The number of ether oxygens (including phenoxy) is 2. The van der Waals surface area contributed by atoms with Gasteiger partial charge in [0, 0.05) is 12.0 Å². The van der Waals surface area contributed by atoms with Crippen molar-refractivity contribution in [3.8, 4) is 0 Å². The molecule has 2 aromatic rings. The van der Waals surface area contributed by atoms with Gasteiger partial charge in [-0.1, -0.05) is 63.2 Å². The van der Waals surface area contributed by atoms with Crippen molar-refractivity contribution in [2.45, 2.75) is 64.5 Å². The van der Waals surface area contributed by atoms with Gasteiger partial charge in [0.25, 0.3) is 0 Å². The van der Waals surface area contributed by atoms with Crippen molar-refractivity contribution in [1.29, 1.82) is 0 Å². The molecule has 0 radical (unpaired) electrons. The Kier molecular flexibility index (Phi) is 5.57. The first kappa shape index (κ1) is 21.1. The first-order valence-electron chi connectivity index (χ1n) is 10.1. The molecule has 3 rings (SSSR count). The maximum Gasteiger partial charge on any atom is 0.338 e. The van der Waals surface area contributed by atoms with Gasteiger partial charge < -0.3 is 9.47 Å². The van der Waals surface area contributed by atoms with Crippen LogP contribution in [0.1, 0.15) is 58.2 Å². The van der Waals surface area contributed by atoms with Gasteiger partial charge in [-0.2, -0.15) is 0 Å². The molecule has 0 bridgehead atoms. The summed E-state index contributed by atoms with van der Waals surface area (Å²) >= 11 is 0. The minimum Gasteiger partial charge on any atom is -0.474 e. The van der Waals surface area contributed by atoms with Gasteiger partial charge in [-0.05, 0) is 49.4 Å². The monoisotopic (exact) mass is 393 g/mol. The van der Waals surface area contributed by atoms with Crippen molar-refractivity contribution in [1.82, 2.24) is 0 Å². The highest BCUT2D eigenvalue weighted by molar-refractivity contribution is 5.99.